The van der Waals surface area contributed by atoms with E-state index in [1.807, 2.05) is 30.1 Å². The highest BCUT2D eigenvalue weighted by Gasteiger charge is 2.30. The molecule has 0 aliphatic carbocycles. The van der Waals surface area contributed by atoms with Gasteiger partial charge in [0.05, 0.1) is 37.3 Å². The number of fused-ring (bicyclic) bond motifs is 1. The molecule has 0 N–H and O–H groups in total. The molecule has 0 fully saturated rings. The summed E-state index contributed by atoms with van der Waals surface area (Å²) in [6.07, 6.45) is 4.73. The molecule has 2 aromatic heterocycles. The molecule has 102 valence electrons. The van der Waals surface area contributed by atoms with Crippen LogP contribution in [-0.2, 0) is 24.8 Å². The number of hydrogen-bond acceptors (Lipinski definition) is 4. The average Bonchev–Trinajstić information content (AvgIpc) is 3.03. The van der Waals surface area contributed by atoms with E-state index in [1.165, 1.54) is 11.3 Å². The maximum Gasteiger partial charge on any atom is 0.117 e. The molecular weight excluding hydrogens is 242 g/mol. The van der Waals surface area contributed by atoms with Gasteiger partial charge in [-0.2, -0.15) is 5.10 Å². The summed E-state index contributed by atoms with van der Waals surface area (Å²) < 4.78 is 12.8. The van der Waals surface area contributed by atoms with E-state index in [-0.39, 0.29) is 6.04 Å². The van der Waals surface area contributed by atoms with Gasteiger partial charge < -0.3 is 9.15 Å². The molecule has 2 aromatic rings. The van der Waals surface area contributed by atoms with Crippen molar-refractivity contribution in [3.05, 3.63) is 41.6 Å². The van der Waals surface area contributed by atoms with Crippen molar-refractivity contribution in [2.45, 2.75) is 19.0 Å². The molecule has 0 saturated heterocycles. The Morgan fingerprint density at radius 1 is 1.53 bits per heavy atom. The lowest BCUT2D eigenvalue weighted by Gasteiger charge is -2.35. The fourth-order valence-corrected chi connectivity index (χ4v) is 2.84. The van der Waals surface area contributed by atoms with Crippen molar-refractivity contribution < 1.29 is 9.15 Å². The van der Waals surface area contributed by atoms with E-state index < -0.39 is 0 Å². The summed E-state index contributed by atoms with van der Waals surface area (Å²) in [5.41, 5.74) is 2.60. The second-order valence-electron chi connectivity index (χ2n) is 4.95. The molecule has 1 atom stereocenters. The van der Waals surface area contributed by atoms with Gasteiger partial charge in [0.25, 0.3) is 0 Å². The van der Waals surface area contributed by atoms with Crippen molar-refractivity contribution in [2.75, 3.05) is 20.3 Å². The third-order valence-electron chi connectivity index (χ3n) is 3.75. The molecule has 0 spiro atoms. The van der Waals surface area contributed by atoms with Gasteiger partial charge in [-0.05, 0) is 24.1 Å². The minimum atomic E-state index is 0.242. The topological polar surface area (TPSA) is 43.4 Å². The highest BCUT2D eigenvalue weighted by atomic mass is 16.5. The van der Waals surface area contributed by atoms with Gasteiger partial charge in [0.1, 0.15) is 5.76 Å². The molecule has 0 bridgehead atoms. The van der Waals surface area contributed by atoms with Crippen LogP contribution in [0.1, 0.15) is 23.1 Å². The van der Waals surface area contributed by atoms with E-state index >= 15 is 0 Å². The maximum absolute atomic E-state index is 5.46. The maximum atomic E-state index is 5.46. The summed E-state index contributed by atoms with van der Waals surface area (Å²) in [6, 6.07) is 4.19. The predicted octanol–water partition coefficient (Wildman–Crippen LogP) is 1.76. The van der Waals surface area contributed by atoms with E-state index in [0.29, 0.717) is 6.61 Å². The number of methoxy groups -OCH3 is 1. The third kappa shape index (κ3) is 2.31. The number of furan rings is 1. The molecule has 0 radical (unpaired) electrons. The second kappa shape index (κ2) is 5.19. The molecule has 0 aromatic carbocycles. The van der Waals surface area contributed by atoms with Gasteiger partial charge in [0.15, 0.2) is 0 Å². The Hall–Kier alpha value is -1.59. The van der Waals surface area contributed by atoms with Gasteiger partial charge >= 0.3 is 0 Å². The van der Waals surface area contributed by atoms with Crippen LogP contribution in [0.4, 0.5) is 0 Å². The molecular formula is C14H19N3O2. The molecule has 0 saturated carbocycles. The van der Waals surface area contributed by atoms with E-state index in [9.17, 15) is 0 Å². The molecule has 3 heterocycles. The van der Waals surface area contributed by atoms with Crippen molar-refractivity contribution in [3.8, 4) is 0 Å². The first kappa shape index (κ1) is 12.4. The van der Waals surface area contributed by atoms with E-state index in [1.54, 1.807) is 13.4 Å². The molecule has 5 nitrogen and oxygen atoms in total. The fourth-order valence-electron chi connectivity index (χ4n) is 2.84. The first-order chi connectivity index (χ1) is 9.29. The smallest absolute Gasteiger partial charge is 0.117 e. The second-order valence-corrected chi connectivity index (χ2v) is 4.95. The zero-order valence-corrected chi connectivity index (χ0v) is 11.4. The fraction of sp³-hybridized carbons (Fsp3) is 0.500. The zero-order valence-electron chi connectivity index (χ0n) is 11.4. The van der Waals surface area contributed by atoms with Crippen molar-refractivity contribution in [1.82, 2.24) is 14.7 Å². The van der Waals surface area contributed by atoms with Crippen LogP contribution in [0, 0.1) is 0 Å². The van der Waals surface area contributed by atoms with Crippen molar-refractivity contribution >= 4 is 0 Å². The summed E-state index contributed by atoms with van der Waals surface area (Å²) in [7, 11) is 3.74. The quantitative estimate of drug-likeness (QED) is 0.841. The summed E-state index contributed by atoms with van der Waals surface area (Å²) in [4.78, 5) is 2.40. The van der Waals surface area contributed by atoms with Gasteiger partial charge in [-0.1, -0.05) is 0 Å². The van der Waals surface area contributed by atoms with Crippen LogP contribution in [0.2, 0.25) is 0 Å². The molecule has 1 aliphatic heterocycles. The lowest BCUT2D eigenvalue weighted by Crippen LogP contribution is -2.38. The predicted molar refractivity (Wildman–Crippen MR) is 70.6 cm³/mol. The molecule has 19 heavy (non-hydrogen) atoms. The Labute approximate surface area is 112 Å². The van der Waals surface area contributed by atoms with E-state index in [2.05, 4.69) is 10.00 Å². The average molecular weight is 261 g/mol. The summed E-state index contributed by atoms with van der Waals surface area (Å²) in [6.45, 7) is 2.49. The molecule has 5 heteroatoms. The lowest BCUT2D eigenvalue weighted by molar-refractivity contribution is 0.0689. The van der Waals surface area contributed by atoms with Gasteiger partial charge in [0, 0.05) is 20.7 Å². The SMILES string of the molecule is COC[C@@H]1c2c(cnn2C)CCN1Cc1ccco1. The number of aryl methyl sites for hydroxylation is 1. The summed E-state index contributed by atoms with van der Waals surface area (Å²) >= 11 is 0. The number of ether oxygens (including phenoxy) is 1. The zero-order chi connectivity index (χ0) is 13.2. The normalized spacial score (nSPS) is 19.6. The number of rotatable bonds is 4. The lowest BCUT2D eigenvalue weighted by atomic mass is 10.00. The number of aromatic nitrogens is 2. The highest BCUT2D eigenvalue weighted by molar-refractivity contribution is 5.25. The Kier molecular flexibility index (Phi) is 3.40. The minimum Gasteiger partial charge on any atom is -0.468 e. The Balaban J connectivity index is 1.87. The van der Waals surface area contributed by atoms with Crippen molar-refractivity contribution in [1.29, 1.82) is 0 Å². The molecule has 0 amide bonds. The first-order valence-electron chi connectivity index (χ1n) is 6.55. The highest BCUT2D eigenvalue weighted by Crippen LogP contribution is 2.30. The summed E-state index contributed by atoms with van der Waals surface area (Å²) in [5.74, 6) is 0.992. The minimum absolute atomic E-state index is 0.242. The van der Waals surface area contributed by atoms with Crippen LogP contribution in [0.5, 0.6) is 0 Å². The first-order valence-corrected chi connectivity index (χ1v) is 6.55. The van der Waals surface area contributed by atoms with Crippen LogP contribution in [0.3, 0.4) is 0 Å². The Morgan fingerprint density at radius 3 is 3.16 bits per heavy atom. The van der Waals surface area contributed by atoms with Gasteiger partial charge in [-0.15, -0.1) is 0 Å². The van der Waals surface area contributed by atoms with Crippen molar-refractivity contribution in [2.24, 2.45) is 7.05 Å². The van der Waals surface area contributed by atoms with Crippen LogP contribution >= 0.6 is 0 Å². The van der Waals surface area contributed by atoms with Crippen LogP contribution < -0.4 is 0 Å². The van der Waals surface area contributed by atoms with Crippen molar-refractivity contribution in [3.63, 3.8) is 0 Å². The third-order valence-corrected chi connectivity index (χ3v) is 3.75. The number of nitrogens with zero attached hydrogens (tertiary/aromatic N) is 3. The van der Waals surface area contributed by atoms with Gasteiger partial charge in [-0.3, -0.25) is 9.58 Å². The van der Waals surface area contributed by atoms with E-state index in [0.717, 1.165) is 25.3 Å². The van der Waals surface area contributed by atoms with E-state index in [4.69, 9.17) is 9.15 Å². The van der Waals surface area contributed by atoms with Crippen LogP contribution in [0.25, 0.3) is 0 Å². The Bertz CT molecular complexity index is 533. The monoisotopic (exact) mass is 261 g/mol. The molecule has 1 aliphatic rings. The number of hydrogen-bond donors (Lipinski definition) is 0. The van der Waals surface area contributed by atoms with Gasteiger partial charge in [0.2, 0.25) is 0 Å². The molecule has 3 rings (SSSR count). The van der Waals surface area contributed by atoms with Crippen LogP contribution in [0.15, 0.2) is 29.0 Å². The van der Waals surface area contributed by atoms with Gasteiger partial charge in [-0.25, -0.2) is 0 Å². The molecule has 0 unspecified atom stereocenters. The Morgan fingerprint density at radius 2 is 2.42 bits per heavy atom. The standard InChI is InChI=1S/C14H19N3O2/c1-16-14-11(8-15-16)5-6-17(13(14)10-18-2)9-12-4-3-7-19-12/h3-4,7-8,13H,5-6,9-10H2,1-2H3/t13-/m1/s1. The van der Waals surface area contributed by atoms with Crippen LogP contribution in [-0.4, -0.2) is 34.9 Å². The summed E-state index contributed by atoms with van der Waals surface area (Å²) in [5, 5.41) is 4.37. The largest absolute Gasteiger partial charge is 0.468 e.